The lowest BCUT2D eigenvalue weighted by Gasteiger charge is -2.49. The van der Waals surface area contributed by atoms with Crippen LogP contribution in [0, 0.1) is 23.2 Å². The highest BCUT2D eigenvalue weighted by Crippen LogP contribution is 2.57. The van der Waals surface area contributed by atoms with Gasteiger partial charge in [0.1, 0.15) is 17.1 Å². The van der Waals surface area contributed by atoms with Crippen LogP contribution in [0.5, 0.6) is 0 Å². The minimum atomic E-state index is -1.82. The molecule has 1 aromatic rings. The molecular formula is C30H37NO6. The largest absolute Gasteiger partial charge is 0.457 e. The molecule has 0 radical (unpaired) electrons. The van der Waals surface area contributed by atoms with E-state index in [9.17, 15) is 24.6 Å². The number of esters is 1. The Kier molecular flexibility index (Phi) is 7.32. The zero-order chi connectivity index (χ0) is 27.1. The summed E-state index contributed by atoms with van der Waals surface area (Å²) in [6.07, 6.45) is 5.17. The molecule has 0 unspecified atom stereocenters. The van der Waals surface area contributed by atoms with Crippen molar-refractivity contribution in [3.8, 4) is 0 Å². The fourth-order valence-electron chi connectivity index (χ4n) is 6.54. The van der Waals surface area contributed by atoms with Crippen LogP contribution in [0.15, 0.2) is 65.8 Å². The summed E-state index contributed by atoms with van der Waals surface area (Å²) in [5, 5.41) is 25.7. The number of hydrogen-bond acceptors (Lipinski definition) is 6. The Bertz CT molecular complexity index is 1170. The van der Waals surface area contributed by atoms with E-state index < -0.39 is 46.9 Å². The van der Waals surface area contributed by atoms with Crippen LogP contribution in [0.3, 0.4) is 0 Å². The smallest absolute Gasteiger partial charge is 0.303 e. The average Bonchev–Trinajstić information content (AvgIpc) is 3.13. The lowest BCUT2D eigenvalue weighted by atomic mass is 9.54. The third-order valence-corrected chi connectivity index (χ3v) is 8.49. The number of ether oxygens (including phenoxy) is 1. The summed E-state index contributed by atoms with van der Waals surface area (Å²) < 4.78 is 5.82. The van der Waals surface area contributed by atoms with E-state index >= 15 is 0 Å². The van der Waals surface area contributed by atoms with E-state index in [-0.39, 0.29) is 17.7 Å². The molecule has 3 N–H and O–H groups in total. The molecule has 1 aromatic carbocycles. The number of ketones is 1. The van der Waals surface area contributed by atoms with Crippen LogP contribution in [-0.4, -0.2) is 51.7 Å². The average molecular weight is 508 g/mol. The first-order valence-electron chi connectivity index (χ1n) is 12.9. The zero-order valence-corrected chi connectivity index (χ0v) is 22.1. The Labute approximate surface area is 218 Å². The van der Waals surface area contributed by atoms with Gasteiger partial charge in [0, 0.05) is 30.7 Å². The van der Waals surface area contributed by atoms with Gasteiger partial charge in [0.05, 0.1) is 6.10 Å². The van der Waals surface area contributed by atoms with Gasteiger partial charge in [-0.2, -0.15) is 0 Å². The lowest BCUT2D eigenvalue weighted by molar-refractivity contribution is -0.161. The predicted molar refractivity (Wildman–Crippen MR) is 139 cm³/mol. The Hall–Kier alpha value is -3.03. The van der Waals surface area contributed by atoms with Crippen molar-refractivity contribution in [2.75, 3.05) is 0 Å². The summed E-state index contributed by atoms with van der Waals surface area (Å²) in [5.41, 5.74) is -0.500. The van der Waals surface area contributed by atoms with Crippen LogP contribution in [-0.2, 0) is 25.5 Å². The molecule has 198 valence electrons. The van der Waals surface area contributed by atoms with Gasteiger partial charge in [-0.3, -0.25) is 14.4 Å². The van der Waals surface area contributed by atoms with Crippen molar-refractivity contribution < 1.29 is 29.3 Å². The lowest BCUT2D eigenvalue weighted by Crippen LogP contribution is -2.58. The monoisotopic (exact) mass is 507 g/mol. The van der Waals surface area contributed by atoms with Crippen molar-refractivity contribution in [1.29, 1.82) is 0 Å². The molecule has 0 aromatic heterocycles. The number of rotatable bonds is 3. The fourth-order valence-corrected chi connectivity index (χ4v) is 6.54. The summed E-state index contributed by atoms with van der Waals surface area (Å²) in [6, 6.07) is 9.52. The number of hydrogen-bond donors (Lipinski definition) is 3. The first kappa shape index (κ1) is 27.0. The van der Waals surface area contributed by atoms with Gasteiger partial charge in [-0.05, 0) is 56.9 Å². The van der Waals surface area contributed by atoms with Crippen LogP contribution in [0.2, 0.25) is 0 Å². The minimum Gasteiger partial charge on any atom is -0.457 e. The molecule has 4 rings (SSSR count). The second kappa shape index (κ2) is 10.0. The Morgan fingerprint density at radius 1 is 1.14 bits per heavy atom. The van der Waals surface area contributed by atoms with Gasteiger partial charge in [-0.1, -0.05) is 55.0 Å². The predicted octanol–water partition coefficient (Wildman–Crippen LogP) is 3.06. The van der Waals surface area contributed by atoms with Crippen LogP contribution in [0.25, 0.3) is 0 Å². The topological polar surface area (TPSA) is 113 Å². The van der Waals surface area contributed by atoms with Gasteiger partial charge in [0.15, 0.2) is 5.78 Å². The number of aliphatic hydroxyl groups is 2. The summed E-state index contributed by atoms with van der Waals surface area (Å²) in [4.78, 5) is 39.5. The van der Waals surface area contributed by atoms with Gasteiger partial charge in [-0.25, -0.2) is 0 Å². The van der Waals surface area contributed by atoms with E-state index in [0.29, 0.717) is 12.8 Å². The number of Topliss-reactive ketones (excluding diaryl/α,β-unsaturated/α-hetero) is 1. The standard InChI is InChI=1S/C30H37NO6/c1-17-10-9-13-22-26(33)19(3)18(2)25-23(16-21-11-7-6-8-12-21)31-28(35)30(22,25)24(37-20(4)32)14-15-29(5,36)27(17)34/h6-9,11-15,17,22-26,33,36H,10,16H2,1-5H3,(H,31,35)/b13-9+,15-14+/t17-,22+,23+,24+,25-,26-,29-,30-/m1/s1. The number of carbonyl (C=O) groups excluding carboxylic acids is 3. The fraction of sp³-hybridized carbons (Fsp3) is 0.500. The highest BCUT2D eigenvalue weighted by atomic mass is 16.5. The summed E-state index contributed by atoms with van der Waals surface area (Å²) in [6.45, 7) is 8.20. The van der Waals surface area contributed by atoms with E-state index in [1.807, 2.05) is 44.2 Å². The quantitative estimate of drug-likeness (QED) is 0.428. The van der Waals surface area contributed by atoms with Crippen LogP contribution in [0.4, 0.5) is 0 Å². The number of amides is 1. The van der Waals surface area contributed by atoms with Crippen LogP contribution >= 0.6 is 0 Å². The van der Waals surface area contributed by atoms with Crippen molar-refractivity contribution in [2.45, 2.75) is 71.3 Å². The van der Waals surface area contributed by atoms with Crippen molar-refractivity contribution in [3.05, 3.63) is 71.3 Å². The molecule has 1 spiro atoms. The minimum absolute atomic E-state index is 0.314. The van der Waals surface area contributed by atoms with Crippen molar-refractivity contribution in [1.82, 2.24) is 5.32 Å². The molecule has 37 heavy (non-hydrogen) atoms. The second-order valence-corrected chi connectivity index (χ2v) is 11.0. The number of allylic oxidation sites excluding steroid dienone is 1. The summed E-state index contributed by atoms with van der Waals surface area (Å²) >= 11 is 0. The maximum atomic E-state index is 14.2. The highest BCUT2D eigenvalue weighted by molar-refractivity contribution is 5.91. The summed E-state index contributed by atoms with van der Waals surface area (Å²) in [7, 11) is 0. The third-order valence-electron chi connectivity index (χ3n) is 8.49. The van der Waals surface area contributed by atoms with Gasteiger partial charge in [-0.15, -0.1) is 0 Å². The van der Waals surface area contributed by atoms with Gasteiger partial charge in [0.25, 0.3) is 0 Å². The molecule has 1 amide bonds. The van der Waals surface area contributed by atoms with Crippen molar-refractivity contribution >= 4 is 17.7 Å². The van der Waals surface area contributed by atoms with E-state index in [0.717, 1.165) is 16.7 Å². The first-order valence-corrected chi connectivity index (χ1v) is 12.9. The molecule has 1 aliphatic heterocycles. The molecule has 2 aliphatic carbocycles. The van der Waals surface area contributed by atoms with E-state index in [4.69, 9.17) is 4.74 Å². The number of benzene rings is 1. The zero-order valence-electron chi connectivity index (χ0n) is 22.1. The highest BCUT2D eigenvalue weighted by Gasteiger charge is 2.67. The Morgan fingerprint density at radius 2 is 1.81 bits per heavy atom. The molecule has 0 saturated carbocycles. The number of carbonyl (C=O) groups is 3. The third kappa shape index (κ3) is 4.59. The normalized spacial score (nSPS) is 39.6. The maximum absolute atomic E-state index is 14.2. The maximum Gasteiger partial charge on any atom is 0.303 e. The molecule has 1 saturated heterocycles. The number of nitrogens with one attached hydrogen (secondary N) is 1. The molecule has 1 heterocycles. The Balaban J connectivity index is 1.96. The van der Waals surface area contributed by atoms with E-state index in [1.54, 1.807) is 19.1 Å². The molecular weight excluding hydrogens is 470 g/mol. The molecule has 0 bridgehead atoms. The van der Waals surface area contributed by atoms with Crippen molar-refractivity contribution in [2.24, 2.45) is 23.2 Å². The SMILES string of the molecule is CC(=O)O[C@H]1/C=C/[C@@](C)(O)C(=O)[C@H](C)C/C=C/[C@H]2[C@H](O)C(C)=C(C)[C@@H]3[C@H](Cc4ccccc4)NC(=O)[C@]132. The Morgan fingerprint density at radius 3 is 2.46 bits per heavy atom. The second-order valence-electron chi connectivity index (χ2n) is 11.0. The van der Waals surface area contributed by atoms with Crippen LogP contribution in [0.1, 0.15) is 46.6 Å². The molecule has 7 heteroatoms. The molecule has 7 nitrogen and oxygen atoms in total. The van der Waals surface area contributed by atoms with Crippen LogP contribution < -0.4 is 5.32 Å². The molecule has 3 aliphatic rings. The first-order chi connectivity index (χ1) is 17.4. The molecule has 8 atom stereocenters. The molecule has 1 fully saturated rings. The van der Waals surface area contributed by atoms with E-state index in [2.05, 4.69) is 5.32 Å². The van der Waals surface area contributed by atoms with Gasteiger partial charge in [0.2, 0.25) is 5.91 Å². The van der Waals surface area contributed by atoms with Gasteiger partial charge >= 0.3 is 5.97 Å². The summed E-state index contributed by atoms with van der Waals surface area (Å²) in [5.74, 6) is -2.92. The van der Waals surface area contributed by atoms with E-state index in [1.165, 1.54) is 26.0 Å². The van der Waals surface area contributed by atoms with Gasteiger partial charge < -0.3 is 20.3 Å². The van der Waals surface area contributed by atoms with Crippen molar-refractivity contribution in [3.63, 3.8) is 0 Å². The number of aliphatic hydroxyl groups excluding tert-OH is 1.